The quantitative estimate of drug-likeness (QED) is 0.837. The highest BCUT2D eigenvalue weighted by molar-refractivity contribution is 7.91. The molecule has 2 unspecified atom stereocenters. The summed E-state index contributed by atoms with van der Waals surface area (Å²) in [5.41, 5.74) is 1.95. The molecule has 1 saturated carbocycles. The fraction of sp³-hybridized carbons (Fsp3) is 0.682. The Kier molecular flexibility index (Phi) is 6.07. The minimum atomic E-state index is -3.10. The van der Waals surface area contributed by atoms with Crippen LogP contribution in [0.2, 0.25) is 0 Å². The second-order valence-electron chi connectivity index (χ2n) is 8.78. The Bertz CT molecular complexity index is 779. The van der Waals surface area contributed by atoms with Crippen LogP contribution in [0, 0.1) is 0 Å². The molecule has 3 fully saturated rings. The van der Waals surface area contributed by atoms with Crippen molar-refractivity contribution in [3.8, 4) is 0 Å². The summed E-state index contributed by atoms with van der Waals surface area (Å²) in [5, 5.41) is 3.04. The first-order chi connectivity index (χ1) is 13.5. The number of nitrogens with zero attached hydrogens (tertiary/aromatic N) is 1. The molecule has 154 valence electrons. The van der Waals surface area contributed by atoms with Crippen LogP contribution in [0.3, 0.4) is 0 Å². The molecule has 0 spiro atoms. The highest BCUT2D eigenvalue weighted by Crippen LogP contribution is 2.32. The molecule has 2 atom stereocenters. The van der Waals surface area contributed by atoms with Gasteiger partial charge in [0.15, 0.2) is 9.84 Å². The largest absolute Gasteiger partial charge is 0.347 e. The van der Waals surface area contributed by atoms with Gasteiger partial charge in [-0.1, -0.05) is 37.8 Å². The maximum absolute atomic E-state index is 12.8. The maximum atomic E-state index is 12.8. The van der Waals surface area contributed by atoms with E-state index >= 15 is 0 Å². The van der Waals surface area contributed by atoms with Crippen LogP contribution in [0.1, 0.15) is 73.2 Å². The van der Waals surface area contributed by atoms with Crippen LogP contribution in [-0.2, 0) is 9.84 Å². The van der Waals surface area contributed by atoms with Crippen LogP contribution in [0.25, 0.3) is 0 Å². The molecule has 2 saturated heterocycles. The number of sulfone groups is 1. The summed E-state index contributed by atoms with van der Waals surface area (Å²) >= 11 is 0. The Morgan fingerprint density at radius 3 is 2.21 bits per heavy atom. The summed E-state index contributed by atoms with van der Waals surface area (Å²) in [5.74, 6) is 0.687. The molecule has 4 rings (SSSR count). The number of nitrogens with one attached hydrogen (secondary N) is 1. The van der Waals surface area contributed by atoms with E-state index < -0.39 is 9.84 Å². The Hall–Kier alpha value is -1.40. The molecule has 0 aromatic heterocycles. The summed E-state index contributed by atoms with van der Waals surface area (Å²) in [7, 11) is -3.10. The van der Waals surface area contributed by atoms with E-state index in [4.69, 9.17) is 0 Å². The van der Waals surface area contributed by atoms with Crippen molar-refractivity contribution >= 4 is 15.7 Å². The number of likely N-dealkylation sites (tertiary alicyclic amines) is 1. The van der Waals surface area contributed by atoms with Gasteiger partial charge in [-0.3, -0.25) is 9.69 Å². The van der Waals surface area contributed by atoms with Gasteiger partial charge < -0.3 is 5.32 Å². The molecular formula is C22H32N2O3S. The van der Waals surface area contributed by atoms with Gasteiger partial charge in [-0.2, -0.15) is 0 Å². The van der Waals surface area contributed by atoms with Crippen LogP contribution in [0.5, 0.6) is 0 Å². The third kappa shape index (κ3) is 4.60. The van der Waals surface area contributed by atoms with Gasteiger partial charge in [0, 0.05) is 11.6 Å². The van der Waals surface area contributed by atoms with Gasteiger partial charge >= 0.3 is 0 Å². The smallest absolute Gasteiger partial charge is 0.251 e. The zero-order valence-electron chi connectivity index (χ0n) is 16.6. The van der Waals surface area contributed by atoms with E-state index in [-0.39, 0.29) is 29.5 Å². The predicted octanol–water partition coefficient (Wildman–Crippen LogP) is 3.12. The van der Waals surface area contributed by atoms with E-state index in [2.05, 4.69) is 22.3 Å². The number of benzene rings is 1. The topological polar surface area (TPSA) is 66.5 Å². The average Bonchev–Trinajstić information content (AvgIpc) is 3.03. The number of hydrogen-bond donors (Lipinski definition) is 1. The minimum absolute atomic E-state index is 0.0556. The number of amides is 1. The number of piperidine rings is 1. The molecule has 6 heteroatoms. The Balaban J connectivity index is 1.42. The molecule has 3 aliphatic rings. The normalized spacial score (nSPS) is 28.9. The molecule has 1 aromatic rings. The van der Waals surface area contributed by atoms with Crippen molar-refractivity contribution in [3.05, 3.63) is 35.4 Å². The SMILES string of the molecule is O=C(NC1CS(=O)(=O)CC1N1CCCCC1)c1ccc(C2CCCCC2)cc1. The third-order valence-corrected chi connectivity index (χ3v) is 8.46. The number of carbonyl (C=O) groups excluding carboxylic acids is 1. The van der Waals surface area contributed by atoms with Gasteiger partial charge in [-0.05, 0) is 62.4 Å². The number of hydrogen-bond acceptors (Lipinski definition) is 4. The monoisotopic (exact) mass is 404 g/mol. The van der Waals surface area contributed by atoms with Gasteiger partial charge in [0.05, 0.1) is 17.5 Å². The van der Waals surface area contributed by atoms with Crippen LogP contribution >= 0.6 is 0 Å². The molecule has 5 nitrogen and oxygen atoms in total. The van der Waals surface area contributed by atoms with Crippen molar-refractivity contribution in [1.29, 1.82) is 0 Å². The molecule has 1 aliphatic carbocycles. The zero-order chi connectivity index (χ0) is 19.6. The van der Waals surface area contributed by atoms with E-state index in [1.807, 2.05) is 12.1 Å². The first-order valence-corrected chi connectivity index (χ1v) is 12.7. The molecular weight excluding hydrogens is 372 g/mol. The van der Waals surface area contributed by atoms with Gasteiger partial charge in [-0.25, -0.2) is 8.42 Å². The van der Waals surface area contributed by atoms with Gasteiger partial charge in [-0.15, -0.1) is 0 Å². The number of rotatable bonds is 4. The molecule has 1 N–H and O–H groups in total. The second kappa shape index (κ2) is 8.54. The minimum Gasteiger partial charge on any atom is -0.347 e. The lowest BCUT2D eigenvalue weighted by molar-refractivity contribution is 0.0900. The highest BCUT2D eigenvalue weighted by Gasteiger charge is 2.42. The van der Waals surface area contributed by atoms with Crippen LogP contribution < -0.4 is 5.32 Å². The van der Waals surface area contributed by atoms with Crippen molar-refractivity contribution in [2.75, 3.05) is 24.6 Å². The summed E-state index contributed by atoms with van der Waals surface area (Å²) in [6.45, 7) is 1.87. The number of carbonyl (C=O) groups is 1. The van der Waals surface area contributed by atoms with Crippen molar-refractivity contribution in [3.63, 3.8) is 0 Å². The average molecular weight is 405 g/mol. The Morgan fingerprint density at radius 1 is 0.893 bits per heavy atom. The molecule has 0 radical (unpaired) electrons. The zero-order valence-corrected chi connectivity index (χ0v) is 17.4. The summed E-state index contributed by atoms with van der Waals surface area (Å²) in [6, 6.07) is 7.57. The third-order valence-electron chi connectivity index (χ3n) is 6.75. The van der Waals surface area contributed by atoms with E-state index in [1.54, 1.807) is 0 Å². The predicted molar refractivity (Wildman–Crippen MR) is 111 cm³/mol. The lowest BCUT2D eigenvalue weighted by atomic mass is 9.84. The molecule has 1 amide bonds. The Labute approximate surface area is 168 Å². The summed E-state index contributed by atoms with van der Waals surface area (Å²) in [6.07, 6.45) is 9.83. The summed E-state index contributed by atoms with van der Waals surface area (Å²) < 4.78 is 24.5. The fourth-order valence-electron chi connectivity index (χ4n) is 5.17. The van der Waals surface area contributed by atoms with E-state index in [0.29, 0.717) is 11.5 Å². The molecule has 0 bridgehead atoms. The highest BCUT2D eigenvalue weighted by atomic mass is 32.2. The lowest BCUT2D eigenvalue weighted by Gasteiger charge is -2.35. The van der Waals surface area contributed by atoms with Gasteiger partial charge in [0.25, 0.3) is 5.91 Å². The van der Waals surface area contributed by atoms with Crippen LogP contribution in [0.15, 0.2) is 24.3 Å². The van der Waals surface area contributed by atoms with Crippen molar-refractivity contribution in [2.24, 2.45) is 0 Å². The molecule has 1 aromatic carbocycles. The van der Waals surface area contributed by atoms with Gasteiger partial charge in [0.1, 0.15) is 0 Å². The lowest BCUT2D eigenvalue weighted by Crippen LogP contribution is -2.52. The molecule has 2 aliphatic heterocycles. The van der Waals surface area contributed by atoms with Crippen molar-refractivity contribution in [1.82, 2.24) is 10.2 Å². The van der Waals surface area contributed by atoms with E-state index in [0.717, 1.165) is 25.9 Å². The molecule has 2 heterocycles. The first kappa shape index (κ1) is 19.9. The van der Waals surface area contributed by atoms with Crippen molar-refractivity contribution < 1.29 is 13.2 Å². The summed E-state index contributed by atoms with van der Waals surface area (Å²) in [4.78, 5) is 15.1. The second-order valence-corrected chi connectivity index (χ2v) is 10.9. The van der Waals surface area contributed by atoms with E-state index in [1.165, 1.54) is 44.1 Å². The molecule has 28 heavy (non-hydrogen) atoms. The maximum Gasteiger partial charge on any atom is 0.251 e. The van der Waals surface area contributed by atoms with E-state index in [9.17, 15) is 13.2 Å². The standard InChI is InChI=1S/C22H32N2O3S/c25-22(19-11-9-18(10-12-19)17-7-3-1-4-8-17)23-20-15-28(26,27)16-21(20)24-13-5-2-6-14-24/h9-12,17,20-21H,1-8,13-16H2,(H,23,25). The van der Waals surface area contributed by atoms with Crippen LogP contribution in [-0.4, -0.2) is 55.9 Å². The van der Waals surface area contributed by atoms with Crippen molar-refractivity contribution in [2.45, 2.75) is 69.4 Å². The van der Waals surface area contributed by atoms with Gasteiger partial charge in [0.2, 0.25) is 0 Å². The van der Waals surface area contributed by atoms with Crippen LogP contribution in [0.4, 0.5) is 0 Å². The first-order valence-electron chi connectivity index (χ1n) is 10.9. The fourth-order valence-corrected chi connectivity index (χ4v) is 7.12. The Morgan fingerprint density at radius 2 is 1.54 bits per heavy atom.